The first-order chi connectivity index (χ1) is 17.6. The van der Waals surface area contributed by atoms with Gasteiger partial charge in [-0.2, -0.15) is 0 Å². The minimum atomic E-state index is -3.73. The largest absolute Gasteiger partial charge is 0.465 e. The number of benzene rings is 2. The van der Waals surface area contributed by atoms with Crippen LogP contribution in [0.25, 0.3) is 10.9 Å². The molecular formula is C29H35N3O4S. The maximum atomic E-state index is 13.6. The number of anilines is 1. The van der Waals surface area contributed by atoms with Gasteiger partial charge in [-0.1, -0.05) is 45.0 Å². The molecular weight excluding hydrogens is 486 g/mol. The molecule has 0 radical (unpaired) electrons. The number of likely N-dealkylation sites (tertiary alicyclic amines) is 1. The molecule has 1 N–H and O–H groups in total. The number of pyridine rings is 1. The Bertz CT molecular complexity index is 1420. The van der Waals surface area contributed by atoms with Crippen LogP contribution in [0, 0.1) is 5.41 Å². The molecule has 0 aliphatic carbocycles. The van der Waals surface area contributed by atoms with Gasteiger partial charge in [0.05, 0.1) is 15.3 Å². The molecule has 8 heteroatoms. The summed E-state index contributed by atoms with van der Waals surface area (Å²) in [5.41, 5.74) is 2.58. The summed E-state index contributed by atoms with van der Waals surface area (Å²) in [5.74, 6) is 0.149. The predicted molar refractivity (Wildman–Crippen MR) is 145 cm³/mol. The van der Waals surface area contributed by atoms with Crippen molar-refractivity contribution in [1.29, 1.82) is 0 Å². The summed E-state index contributed by atoms with van der Waals surface area (Å²) in [4.78, 5) is 20.8. The van der Waals surface area contributed by atoms with Crippen LogP contribution in [0.3, 0.4) is 0 Å². The van der Waals surface area contributed by atoms with Crippen molar-refractivity contribution in [2.24, 2.45) is 5.41 Å². The fraction of sp³-hybridized carbons (Fsp3) is 0.448. The van der Waals surface area contributed by atoms with Crippen molar-refractivity contribution in [3.8, 4) is 0 Å². The van der Waals surface area contributed by atoms with Crippen molar-refractivity contribution < 1.29 is 18.3 Å². The minimum absolute atomic E-state index is 0.110. The van der Waals surface area contributed by atoms with Crippen LogP contribution < -0.4 is 4.90 Å². The number of nitrogens with zero attached hydrogens (tertiary/aromatic N) is 3. The average Bonchev–Trinajstić information content (AvgIpc) is 3.42. The van der Waals surface area contributed by atoms with E-state index in [-0.39, 0.29) is 27.2 Å². The number of carbonyl (C=O) groups is 1. The topological polar surface area (TPSA) is 90.8 Å². The zero-order valence-electron chi connectivity index (χ0n) is 21.7. The zero-order chi connectivity index (χ0) is 26.4. The van der Waals surface area contributed by atoms with Gasteiger partial charge in [-0.25, -0.2) is 13.2 Å². The summed E-state index contributed by atoms with van der Waals surface area (Å²) >= 11 is 0. The van der Waals surface area contributed by atoms with Crippen LogP contribution in [-0.4, -0.2) is 55.2 Å². The van der Waals surface area contributed by atoms with Gasteiger partial charge in [0.2, 0.25) is 9.84 Å². The van der Waals surface area contributed by atoms with E-state index in [0.717, 1.165) is 48.1 Å². The summed E-state index contributed by atoms with van der Waals surface area (Å²) < 4.78 is 27.1. The molecule has 5 rings (SSSR count). The van der Waals surface area contributed by atoms with Gasteiger partial charge < -0.3 is 14.9 Å². The number of amides is 1. The van der Waals surface area contributed by atoms with E-state index in [9.17, 15) is 18.3 Å². The van der Waals surface area contributed by atoms with Crippen LogP contribution in [-0.2, 0) is 9.84 Å². The first-order valence-corrected chi connectivity index (χ1v) is 14.5. The van der Waals surface area contributed by atoms with E-state index in [0.29, 0.717) is 19.4 Å². The van der Waals surface area contributed by atoms with Gasteiger partial charge in [0.25, 0.3) is 0 Å². The number of fused-ring (bicyclic) bond motifs is 1. The third-order valence-electron chi connectivity index (χ3n) is 7.91. The van der Waals surface area contributed by atoms with Crippen LogP contribution in [0.5, 0.6) is 0 Å². The Balaban J connectivity index is 1.47. The molecule has 2 aliphatic rings. The lowest BCUT2D eigenvalue weighted by Crippen LogP contribution is -2.51. The van der Waals surface area contributed by atoms with Crippen molar-refractivity contribution in [3.05, 3.63) is 60.3 Å². The summed E-state index contributed by atoms with van der Waals surface area (Å²) in [6.45, 7) is 8.60. The highest BCUT2D eigenvalue weighted by Gasteiger charge is 2.39. The SMILES string of the molecule is CC(C)(C)C1CC(c2cccc3cc(S(=O)(=O)c4cccc(N5CCCC5)c4)cnc23)CCN1C(=O)O. The quantitative estimate of drug-likeness (QED) is 0.457. The van der Waals surface area contributed by atoms with Crippen molar-refractivity contribution in [2.45, 2.75) is 68.2 Å². The van der Waals surface area contributed by atoms with Gasteiger partial charge in [0, 0.05) is 42.9 Å². The van der Waals surface area contributed by atoms with Gasteiger partial charge in [-0.15, -0.1) is 0 Å². The maximum absolute atomic E-state index is 13.6. The van der Waals surface area contributed by atoms with E-state index in [1.807, 2.05) is 30.3 Å². The highest BCUT2D eigenvalue weighted by molar-refractivity contribution is 7.91. The first kappa shape index (κ1) is 25.5. The number of hydrogen-bond acceptors (Lipinski definition) is 5. The highest BCUT2D eigenvalue weighted by atomic mass is 32.2. The number of piperidine rings is 1. The smallest absolute Gasteiger partial charge is 0.407 e. The molecule has 2 fully saturated rings. The molecule has 1 amide bonds. The molecule has 2 aliphatic heterocycles. The Hall–Kier alpha value is -3.13. The molecule has 2 atom stereocenters. The molecule has 0 bridgehead atoms. The summed E-state index contributed by atoms with van der Waals surface area (Å²) in [5, 5.41) is 10.5. The van der Waals surface area contributed by atoms with Crippen molar-refractivity contribution >= 4 is 32.5 Å². The molecule has 0 spiro atoms. The normalized spacial score (nSPS) is 20.9. The molecule has 3 aromatic rings. The Morgan fingerprint density at radius 3 is 2.43 bits per heavy atom. The summed E-state index contributed by atoms with van der Waals surface area (Å²) in [6, 6.07) is 14.7. The molecule has 0 saturated carbocycles. The fourth-order valence-corrected chi connectivity index (χ4v) is 7.18. The van der Waals surface area contributed by atoms with Crippen molar-refractivity contribution in [1.82, 2.24) is 9.88 Å². The minimum Gasteiger partial charge on any atom is -0.465 e. The van der Waals surface area contributed by atoms with E-state index in [2.05, 4.69) is 30.7 Å². The number of aromatic nitrogens is 1. The number of sulfone groups is 1. The predicted octanol–water partition coefficient (Wildman–Crippen LogP) is 5.94. The maximum Gasteiger partial charge on any atom is 0.407 e. The Morgan fingerprint density at radius 2 is 1.73 bits per heavy atom. The van der Waals surface area contributed by atoms with Gasteiger partial charge in [0.1, 0.15) is 0 Å². The molecule has 37 heavy (non-hydrogen) atoms. The van der Waals surface area contributed by atoms with Crippen LogP contribution in [0.1, 0.15) is 57.9 Å². The summed E-state index contributed by atoms with van der Waals surface area (Å²) in [6.07, 6.45) is 4.26. The molecule has 3 heterocycles. The standard InChI is InChI=1S/C29H35N3O4S/c1-29(2,3)26-17-20(12-15-32(26)28(33)34)25-11-6-8-21-16-24(19-30-27(21)25)37(35,36)23-10-7-9-22(18-23)31-13-4-5-14-31/h6-11,16,18-20,26H,4-5,12-15,17H2,1-3H3,(H,33,34). The van der Waals surface area contributed by atoms with Gasteiger partial charge in [-0.3, -0.25) is 4.98 Å². The molecule has 7 nitrogen and oxygen atoms in total. The Kier molecular flexibility index (Phi) is 6.64. The second-order valence-corrected chi connectivity index (χ2v) is 13.3. The van der Waals surface area contributed by atoms with Crippen molar-refractivity contribution in [3.63, 3.8) is 0 Å². The Morgan fingerprint density at radius 1 is 1.00 bits per heavy atom. The zero-order valence-corrected chi connectivity index (χ0v) is 22.5. The van der Waals surface area contributed by atoms with E-state index < -0.39 is 15.9 Å². The van der Waals surface area contributed by atoms with Crippen molar-refractivity contribution in [2.75, 3.05) is 24.5 Å². The second kappa shape index (κ2) is 9.63. The Labute approximate surface area is 219 Å². The van der Waals surface area contributed by atoms with Crippen LogP contribution >= 0.6 is 0 Å². The van der Waals surface area contributed by atoms with Gasteiger partial charge in [0.15, 0.2) is 0 Å². The summed E-state index contributed by atoms with van der Waals surface area (Å²) in [7, 11) is -3.73. The number of rotatable bonds is 4. The molecule has 2 aromatic carbocycles. The molecule has 1 aromatic heterocycles. The third-order valence-corrected chi connectivity index (χ3v) is 9.63. The van der Waals surface area contributed by atoms with Gasteiger partial charge >= 0.3 is 6.09 Å². The van der Waals surface area contributed by atoms with E-state index in [4.69, 9.17) is 0 Å². The van der Waals surface area contributed by atoms with Crippen LogP contribution in [0.4, 0.5) is 10.5 Å². The van der Waals surface area contributed by atoms with Gasteiger partial charge in [-0.05, 0) is 66.8 Å². The van der Waals surface area contributed by atoms with Crippen LogP contribution in [0.2, 0.25) is 0 Å². The first-order valence-electron chi connectivity index (χ1n) is 13.0. The monoisotopic (exact) mass is 521 g/mol. The number of hydrogen-bond donors (Lipinski definition) is 1. The van der Waals surface area contributed by atoms with E-state index in [1.54, 1.807) is 23.1 Å². The third kappa shape index (κ3) is 4.91. The van der Waals surface area contributed by atoms with E-state index >= 15 is 0 Å². The fourth-order valence-electron chi connectivity index (χ4n) is 5.90. The average molecular weight is 522 g/mol. The molecule has 2 unspecified atom stereocenters. The second-order valence-electron chi connectivity index (χ2n) is 11.4. The number of carboxylic acid groups (broad SMARTS) is 1. The lowest BCUT2D eigenvalue weighted by Gasteiger charge is -2.44. The lowest BCUT2D eigenvalue weighted by atomic mass is 9.75. The van der Waals surface area contributed by atoms with E-state index in [1.165, 1.54) is 6.20 Å². The van der Waals surface area contributed by atoms with Crippen LogP contribution in [0.15, 0.2) is 64.5 Å². The molecule has 2 saturated heterocycles. The lowest BCUT2D eigenvalue weighted by molar-refractivity contribution is 0.0527. The highest BCUT2D eigenvalue weighted by Crippen LogP contribution is 2.41. The number of para-hydroxylation sites is 1. The molecule has 196 valence electrons.